The molecule has 3 rings (SSSR count). The van der Waals surface area contributed by atoms with E-state index >= 15 is 0 Å². The summed E-state index contributed by atoms with van der Waals surface area (Å²) in [5.74, 6) is 0.710. The van der Waals surface area contributed by atoms with Crippen LogP contribution in [0.5, 0.6) is 5.75 Å². The first kappa shape index (κ1) is 17.5. The summed E-state index contributed by atoms with van der Waals surface area (Å²) in [6.07, 6.45) is 2.37. The Bertz CT molecular complexity index is 762. The number of ether oxygens (including phenoxy) is 1. The van der Waals surface area contributed by atoms with Crippen molar-refractivity contribution in [3.8, 4) is 5.75 Å². The maximum absolute atomic E-state index is 13.1. The summed E-state index contributed by atoms with van der Waals surface area (Å²) >= 11 is 0. The molecule has 1 aliphatic rings. The lowest BCUT2D eigenvalue weighted by atomic mass is 10.1. The third-order valence-corrected chi connectivity index (χ3v) is 4.84. The third kappa shape index (κ3) is 3.56. The van der Waals surface area contributed by atoms with E-state index in [2.05, 4.69) is 11.5 Å². The van der Waals surface area contributed by atoms with Crippen molar-refractivity contribution >= 4 is 5.91 Å². The largest absolute Gasteiger partial charge is 0.496 e. The number of amides is 1. The topological polar surface area (TPSA) is 54.7 Å². The lowest BCUT2D eigenvalue weighted by molar-refractivity contribution is 0.0705. The highest BCUT2D eigenvalue weighted by molar-refractivity contribution is 5.95. The number of aryl methyl sites for hydroxylation is 1. The first-order valence-corrected chi connectivity index (χ1v) is 8.77. The van der Waals surface area contributed by atoms with E-state index in [0.717, 1.165) is 28.3 Å². The fourth-order valence-electron chi connectivity index (χ4n) is 3.47. The van der Waals surface area contributed by atoms with Crippen molar-refractivity contribution in [2.45, 2.75) is 39.3 Å². The summed E-state index contributed by atoms with van der Waals surface area (Å²) in [7, 11) is 1.63. The van der Waals surface area contributed by atoms with Gasteiger partial charge in [0.05, 0.1) is 19.3 Å². The molecule has 1 heterocycles. The normalized spacial score (nSPS) is 13.8. The molecule has 25 heavy (non-hydrogen) atoms. The monoisotopic (exact) mass is 342 g/mol. The SMILES string of the molecule is COc1ccccc1CN(CCO)C(=O)c1cc(C)n(C2CC2)c1C. The van der Waals surface area contributed by atoms with Crippen molar-refractivity contribution < 1.29 is 14.6 Å². The number of hydrogen-bond acceptors (Lipinski definition) is 3. The molecule has 0 saturated heterocycles. The van der Waals surface area contributed by atoms with Crippen LogP contribution in [0.1, 0.15) is 46.2 Å². The molecule has 0 spiro atoms. The molecule has 1 fully saturated rings. The number of carbonyl (C=O) groups excluding carboxylic acids is 1. The molecular weight excluding hydrogens is 316 g/mol. The summed E-state index contributed by atoms with van der Waals surface area (Å²) in [6, 6.07) is 10.2. The van der Waals surface area contributed by atoms with Crippen LogP contribution in [0, 0.1) is 13.8 Å². The standard InChI is InChI=1S/C20H26N2O3/c1-14-12-18(15(2)22(14)17-8-9-17)20(24)21(10-11-23)13-16-6-4-5-7-19(16)25-3/h4-7,12,17,23H,8-11,13H2,1-3H3. The van der Waals surface area contributed by atoms with E-state index in [1.807, 2.05) is 37.3 Å². The number of rotatable bonds is 7. The molecule has 1 saturated carbocycles. The second kappa shape index (κ2) is 7.31. The maximum atomic E-state index is 13.1. The van der Waals surface area contributed by atoms with Gasteiger partial charge in [0.2, 0.25) is 0 Å². The zero-order valence-electron chi connectivity index (χ0n) is 15.2. The van der Waals surface area contributed by atoms with E-state index in [1.54, 1.807) is 12.0 Å². The van der Waals surface area contributed by atoms with Gasteiger partial charge in [0, 0.05) is 36.1 Å². The van der Waals surface area contributed by atoms with Gasteiger partial charge in [-0.1, -0.05) is 18.2 Å². The van der Waals surface area contributed by atoms with Crippen LogP contribution in [0.4, 0.5) is 0 Å². The van der Waals surface area contributed by atoms with Gasteiger partial charge in [0.25, 0.3) is 5.91 Å². The minimum atomic E-state index is -0.0672. The number of aliphatic hydroxyl groups excluding tert-OH is 1. The van der Waals surface area contributed by atoms with Crippen LogP contribution in [-0.4, -0.2) is 40.7 Å². The molecular formula is C20H26N2O3. The van der Waals surface area contributed by atoms with Crippen molar-refractivity contribution in [2.24, 2.45) is 0 Å². The van der Waals surface area contributed by atoms with E-state index in [-0.39, 0.29) is 12.5 Å². The lowest BCUT2D eigenvalue weighted by Crippen LogP contribution is -2.33. The van der Waals surface area contributed by atoms with E-state index in [9.17, 15) is 9.90 Å². The number of methoxy groups -OCH3 is 1. The highest BCUT2D eigenvalue weighted by atomic mass is 16.5. The van der Waals surface area contributed by atoms with Crippen molar-refractivity contribution in [3.05, 3.63) is 52.8 Å². The molecule has 1 amide bonds. The van der Waals surface area contributed by atoms with Crippen LogP contribution in [0.25, 0.3) is 0 Å². The predicted octanol–water partition coefficient (Wildman–Crippen LogP) is 3.08. The Balaban J connectivity index is 1.87. The van der Waals surface area contributed by atoms with Gasteiger partial charge in [0.15, 0.2) is 0 Å². The zero-order chi connectivity index (χ0) is 18.0. The Hall–Kier alpha value is -2.27. The van der Waals surface area contributed by atoms with E-state index in [4.69, 9.17) is 4.74 Å². The number of carbonyl (C=O) groups is 1. The second-order valence-corrected chi connectivity index (χ2v) is 6.65. The van der Waals surface area contributed by atoms with Crippen LogP contribution in [0.2, 0.25) is 0 Å². The molecule has 1 aromatic heterocycles. The Morgan fingerprint density at radius 1 is 1.32 bits per heavy atom. The quantitative estimate of drug-likeness (QED) is 0.841. The molecule has 0 atom stereocenters. The van der Waals surface area contributed by atoms with E-state index < -0.39 is 0 Å². The summed E-state index contributed by atoms with van der Waals surface area (Å²) in [6.45, 7) is 4.71. The van der Waals surface area contributed by atoms with E-state index in [0.29, 0.717) is 19.1 Å². The molecule has 1 aromatic carbocycles. The highest BCUT2D eigenvalue weighted by Crippen LogP contribution is 2.38. The summed E-state index contributed by atoms with van der Waals surface area (Å²) in [5.41, 5.74) is 3.81. The van der Waals surface area contributed by atoms with Gasteiger partial charge in [-0.25, -0.2) is 0 Å². The van der Waals surface area contributed by atoms with E-state index in [1.165, 1.54) is 12.8 Å². The van der Waals surface area contributed by atoms with Gasteiger partial charge in [-0.3, -0.25) is 4.79 Å². The first-order chi connectivity index (χ1) is 12.1. The molecule has 2 aromatic rings. The van der Waals surface area contributed by atoms with Crippen LogP contribution >= 0.6 is 0 Å². The Morgan fingerprint density at radius 2 is 2.04 bits per heavy atom. The van der Waals surface area contributed by atoms with Crippen molar-refractivity contribution in [1.82, 2.24) is 9.47 Å². The molecule has 5 nitrogen and oxygen atoms in total. The Kier molecular flexibility index (Phi) is 5.13. The summed E-state index contributed by atoms with van der Waals surface area (Å²) in [5, 5.41) is 9.43. The molecule has 1 N–H and O–H groups in total. The lowest BCUT2D eigenvalue weighted by Gasteiger charge is -2.23. The summed E-state index contributed by atoms with van der Waals surface area (Å²) in [4.78, 5) is 14.8. The molecule has 0 radical (unpaired) electrons. The van der Waals surface area contributed by atoms with Crippen LogP contribution in [0.3, 0.4) is 0 Å². The molecule has 0 unspecified atom stereocenters. The van der Waals surface area contributed by atoms with Gasteiger partial charge >= 0.3 is 0 Å². The van der Waals surface area contributed by atoms with Crippen molar-refractivity contribution in [3.63, 3.8) is 0 Å². The fraction of sp³-hybridized carbons (Fsp3) is 0.450. The molecule has 5 heteroatoms. The number of para-hydroxylation sites is 1. The number of aliphatic hydroxyl groups is 1. The van der Waals surface area contributed by atoms with Crippen LogP contribution in [0.15, 0.2) is 30.3 Å². The average molecular weight is 342 g/mol. The fourth-order valence-corrected chi connectivity index (χ4v) is 3.47. The molecule has 134 valence electrons. The average Bonchev–Trinajstić information content (AvgIpc) is 3.39. The second-order valence-electron chi connectivity index (χ2n) is 6.65. The highest BCUT2D eigenvalue weighted by Gasteiger charge is 2.29. The van der Waals surface area contributed by atoms with Gasteiger partial charge < -0.3 is 19.3 Å². The first-order valence-electron chi connectivity index (χ1n) is 8.77. The number of benzene rings is 1. The Morgan fingerprint density at radius 3 is 2.68 bits per heavy atom. The van der Waals surface area contributed by atoms with Crippen LogP contribution in [-0.2, 0) is 6.54 Å². The molecule has 1 aliphatic carbocycles. The number of hydrogen-bond donors (Lipinski definition) is 1. The number of aromatic nitrogens is 1. The predicted molar refractivity (Wildman–Crippen MR) is 97.0 cm³/mol. The van der Waals surface area contributed by atoms with Gasteiger partial charge in [0.1, 0.15) is 5.75 Å². The smallest absolute Gasteiger partial charge is 0.256 e. The Labute approximate surface area is 148 Å². The van der Waals surface area contributed by atoms with Crippen LogP contribution < -0.4 is 4.74 Å². The summed E-state index contributed by atoms with van der Waals surface area (Å²) < 4.78 is 7.66. The minimum Gasteiger partial charge on any atom is -0.496 e. The van der Waals surface area contributed by atoms with Crippen molar-refractivity contribution in [1.29, 1.82) is 0 Å². The number of nitrogens with zero attached hydrogens (tertiary/aromatic N) is 2. The van der Waals surface area contributed by atoms with Gasteiger partial charge in [-0.05, 0) is 38.8 Å². The minimum absolute atomic E-state index is 0.0417. The zero-order valence-corrected chi connectivity index (χ0v) is 15.2. The van der Waals surface area contributed by atoms with Gasteiger partial charge in [-0.2, -0.15) is 0 Å². The molecule has 0 aliphatic heterocycles. The van der Waals surface area contributed by atoms with Gasteiger partial charge in [-0.15, -0.1) is 0 Å². The third-order valence-electron chi connectivity index (χ3n) is 4.84. The molecule has 0 bridgehead atoms. The van der Waals surface area contributed by atoms with Crippen molar-refractivity contribution in [2.75, 3.05) is 20.3 Å². The maximum Gasteiger partial charge on any atom is 0.256 e.